The fourth-order valence-corrected chi connectivity index (χ4v) is 5.14. The molecule has 150 valence electrons. The van der Waals surface area contributed by atoms with Crippen LogP contribution in [0.4, 0.5) is 4.39 Å². The zero-order chi connectivity index (χ0) is 20.3. The molecule has 0 unspecified atom stereocenters. The number of hydrogen-bond donors (Lipinski definition) is 1. The fraction of sp³-hybridized carbons (Fsp3) is 0.286. The normalized spacial score (nSPS) is 21.4. The Morgan fingerprint density at radius 3 is 2.76 bits per heavy atom. The Bertz CT molecular complexity index is 1190. The van der Waals surface area contributed by atoms with Crippen LogP contribution < -0.4 is 5.43 Å². The predicted octanol–water partition coefficient (Wildman–Crippen LogP) is 2.45. The van der Waals surface area contributed by atoms with Gasteiger partial charge in [-0.2, -0.15) is 9.41 Å². The van der Waals surface area contributed by atoms with Gasteiger partial charge in [0, 0.05) is 61.2 Å². The number of benzene rings is 1. The van der Waals surface area contributed by atoms with Gasteiger partial charge in [-0.15, -0.1) is 0 Å². The molecule has 0 saturated carbocycles. The Labute approximate surface area is 169 Å². The van der Waals surface area contributed by atoms with Gasteiger partial charge in [-0.05, 0) is 17.6 Å². The molecule has 6 nitrogen and oxygen atoms in total. The highest BCUT2D eigenvalue weighted by Crippen LogP contribution is 2.41. The molecule has 0 atom stereocenters. The van der Waals surface area contributed by atoms with Crippen molar-refractivity contribution in [1.29, 1.82) is 0 Å². The molecule has 0 radical (unpaired) electrons. The third-order valence-corrected chi connectivity index (χ3v) is 7.05. The van der Waals surface area contributed by atoms with Gasteiger partial charge in [-0.1, -0.05) is 24.3 Å². The van der Waals surface area contributed by atoms with Crippen molar-refractivity contribution in [3.05, 3.63) is 70.1 Å². The largest absolute Gasteiger partial charge is 0.375 e. The van der Waals surface area contributed by atoms with Crippen molar-refractivity contribution in [2.45, 2.75) is 6.42 Å². The first-order valence-electron chi connectivity index (χ1n) is 9.48. The third kappa shape index (κ3) is 2.94. The fourth-order valence-electron chi connectivity index (χ4n) is 4.37. The van der Waals surface area contributed by atoms with Crippen molar-refractivity contribution in [2.24, 2.45) is 5.10 Å². The molecule has 3 heterocycles. The van der Waals surface area contributed by atoms with Gasteiger partial charge in [-0.25, -0.2) is 12.8 Å². The van der Waals surface area contributed by atoms with E-state index in [1.54, 1.807) is 6.07 Å². The second-order valence-corrected chi connectivity index (χ2v) is 9.72. The summed E-state index contributed by atoms with van der Waals surface area (Å²) in [7, 11) is -1.19. The number of hydrogen-bond acceptors (Lipinski definition) is 5. The highest BCUT2D eigenvalue weighted by Gasteiger charge is 2.32. The van der Waals surface area contributed by atoms with Gasteiger partial charge in [0.25, 0.3) is 0 Å². The van der Waals surface area contributed by atoms with E-state index in [0.717, 1.165) is 33.5 Å². The molecule has 5 rings (SSSR count). The first kappa shape index (κ1) is 18.3. The molecule has 0 aromatic heterocycles. The van der Waals surface area contributed by atoms with Crippen LogP contribution in [0.2, 0.25) is 0 Å². The standard InChI is InChI=1S/C21H21FN4O2S/c1-25-11-16(13-6-8-26(9-7-13)29(2,27)28)21-17(12-25)14-4-3-5-15-18(22)10-19(20(14)15)23-24-21/h3-6,10,12,24H,7-9,11H2,1-2H3. The molecule has 0 fully saturated rings. The topological polar surface area (TPSA) is 65.0 Å². The van der Waals surface area contributed by atoms with Gasteiger partial charge in [0.05, 0.1) is 17.7 Å². The minimum Gasteiger partial charge on any atom is -0.375 e. The van der Waals surface area contributed by atoms with E-state index in [9.17, 15) is 12.8 Å². The first-order valence-corrected chi connectivity index (χ1v) is 11.3. The van der Waals surface area contributed by atoms with Gasteiger partial charge in [-0.3, -0.25) is 5.43 Å². The Balaban J connectivity index is 1.63. The average molecular weight is 412 g/mol. The van der Waals surface area contributed by atoms with Gasteiger partial charge >= 0.3 is 0 Å². The van der Waals surface area contributed by atoms with Crippen LogP contribution in [-0.4, -0.2) is 56.3 Å². The number of nitrogens with one attached hydrogen (secondary N) is 1. The second kappa shape index (κ2) is 6.40. The van der Waals surface area contributed by atoms with Crippen LogP contribution in [-0.2, 0) is 10.0 Å². The Hall–Kier alpha value is -2.71. The van der Waals surface area contributed by atoms with Crippen LogP contribution in [0.3, 0.4) is 0 Å². The molecule has 0 bridgehead atoms. The third-order valence-electron chi connectivity index (χ3n) is 5.78. The van der Waals surface area contributed by atoms with Crippen molar-refractivity contribution in [3.63, 3.8) is 0 Å². The van der Waals surface area contributed by atoms with Crippen molar-refractivity contribution in [2.75, 3.05) is 32.9 Å². The van der Waals surface area contributed by atoms with Gasteiger partial charge in [0.2, 0.25) is 10.0 Å². The highest BCUT2D eigenvalue weighted by atomic mass is 32.2. The summed E-state index contributed by atoms with van der Waals surface area (Å²) in [6.07, 6.45) is 7.40. The lowest BCUT2D eigenvalue weighted by molar-refractivity contribution is 0.431. The van der Waals surface area contributed by atoms with E-state index >= 15 is 0 Å². The summed E-state index contributed by atoms with van der Waals surface area (Å²) in [5.74, 6) is -0.268. The molecule has 1 N–H and O–H groups in total. The monoisotopic (exact) mass is 412 g/mol. The van der Waals surface area contributed by atoms with Crippen LogP contribution >= 0.6 is 0 Å². The number of hydrazone groups is 1. The molecule has 3 aliphatic heterocycles. The number of halogens is 1. The molecule has 0 amide bonds. The van der Waals surface area contributed by atoms with E-state index in [1.165, 1.54) is 16.6 Å². The molecular formula is C21H21FN4O2S. The Kier molecular flexibility index (Phi) is 4.04. The maximum Gasteiger partial charge on any atom is 0.211 e. The van der Waals surface area contributed by atoms with Crippen LogP contribution in [0.25, 0.3) is 11.4 Å². The molecule has 0 spiro atoms. The Morgan fingerprint density at radius 1 is 1.24 bits per heavy atom. The van der Waals surface area contributed by atoms with Crippen LogP contribution in [0.1, 0.15) is 23.1 Å². The Morgan fingerprint density at radius 2 is 2.03 bits per heavy atom. The number of rotatable bonds is 2. The molecule has 1 aliphatic carbocycles. The lowest BCUT2D eigenvalue weighted by Gasteiger charge is -2.32. The average Bonchev–Trinajstić information content (AvgIpc) is 2.93. The number of nitrogens with zero attached hydrogens (tertiary/aromatic N) is 3. The van der Waals surface area contributed by atoms with Crippen LogP contribution in [0.15, 0.2) is 58.5 Å². The highest BCUT2D eigenvalue weighted by molar-refractivity contribution is 7.88. The minimum absolute atomic E-state index is 0.268. The quantitative estimate of drug-likeness (QED) is 0.811. The SMILES string of the molecule is CN1C=C2C(=C(C3=CCN(S(C)(=O)=O)CC3)C1)NN=C1C=C(F)c3cccc2c31. The summed E-state index contributed by atoms with van der Waals surface area (Å²) in [6, 6.07) is 5.64. The maximum absolute atomic E-state index is 14.3. The summed E-state index contributed by atoms with van der Waals surface area (Å²) in [6.45, 7) is 1.53. The van der Waals surface area contributed by atoms with Crippen LogP contribution in [0.5, 0.6) is 0 Å². The van der Waals surface area contributed by atoms with Gasteiger partial charge < -0.3 is 4.90 Å². The predicted molar refractivity (Wildman–Crippen MR) is 112 cm³/mol. The molecule has 1 aromatic carbocycles. The van der Waals surface area contributed by atoms with Gasteiger partial charge in [0.15, 0.2) is 0 Å². The zero-order valence-corrected chi connectivity index (χ0v) is 17.1. The number of fused-ring (bicyclic) bond motifs is 2. The van der Waals surface area contributed by atoms with Crippen molar-refractivity contribution in [3.8, 4) is 0 Å². The first-order chi connectivity index (χ1) is 13.8. The summed E-state index contributed by atoms with van der Waals surface area (Å²) in [5.41, 5.74) is 10.2. The lowest BCUT2D eigenvalue weighted by atomic mass is 9.88. The van der Waals surface area contributed by atoms with Crippen molar-refractivity contribution in [1.82, 2.24) is 14.6 Å². The molecule has 1 aromatic rings. The molecule has 0 saturated heterocycles. The smallest absolute Gasteiger partial charge is 0.211 e. The van der Waals surface area contributed by atoms with Crippen LogP contribution in [0, 0.1) is 0 Å². The zero-order valence-electron chi connectivity index (χ0n) is 16.2. The number of allylic oxidation sites excluding steroid dienone is 2. The van der Waals surface area contributed by atoms with Crippen molar-refractivity contribution >= 4 is 27.1 Å². The van der Waals surface area contributed by atoms with E-state index in [0.29, 0.717) is 37.3 Å². The van der Waals surface area contributed by atoms with E-state index in [1.807, 2.05) is 25.3 Å². The molecule has 29 heavy (non-hydrogen) atoms. The maximum atomic E-state index is 14.3. The van der Waals surface area contributed by atoms with Crippen molar-refractivity contribution < 1.29 is 12.8 Å². The number of sulfonamides is 1. The molecule has 8 heteroatoms. The van der Waals surface area contributed by atoms with E-state index in [2.05, 4.69) is 21.6 Å². The molecular weight excluding hydrogens is 391 g/mol. The van der Waals surface area contributed by atoms with E-state index in [-0.39, 0.29) is 5.83 Å². The molecule has 4 aliphatic rings. The summed E-state index contributed by atoms with van der Waals surface area (Å²) < 4.78 is 39.5. The number of likely N-dealkylation sites (N-methyl/N-ethyl adjacent to an activating group) is 1. The lowest BCUT2D eigenvalue weighted by Crippen LogP contribution is -2.35. The van der Waals surface area contributed by atoms with E-state index in [4.69, 9.17) is 0 Å². The summed E-state index contributed by atoms with van der Waals surface area (Å²) in [5, 5.41) is 4.49. The van der Waals surface area contributed by atoms with E-state index < -0.39 is 10.0 Å². The van der Waals surface area contributed by atoms with Gasteiger partial charge in [0.1, 0.15) is 5.83 Å². The minimum atomic E-state index is -3.20. The summed E-state index contributed by atoms with van der Waals surface area (Å²) >= 11 is 0. The second-order valence-electron chi connectivity index (χ2n) is 7.74. The summed E-state index contributed by atoms with van der Waals surface area (Å²) in [4.78, 5) is 2.10.